The van der Waals surface area contributed by atoms with Gasteiger partial charge in [-0.1, -0.05) is 25.5 Å². The van der Waals surface area contributed by atoms with E-state index >= 15 is 0 Å². The average molecular weight is 382 g/mol. The predicted molar refractivity (Wildman–Crippen MR) is 87.6 cm³/mol. The Morgan fingerprint density at radius 2 is 2.10 bits per heavy atom. The molecular formula is C15H15IN2O2. The molecule has 2 N–H and O–H groups in total. The van der Waals surface area contributed by atoms with Crippen LogP contribution in [0.5, 0.6) is 0 Å². The number of carboxylic acids is 1. The summed E-state index contributed by atoms with van der Waals surface area (Å²) in [4.78, 5) is 15.6. The molecule has 5 heteroatoms. The molecule has 4 nitrogen and oxygen atoms in total. The van der Waals surface area contributed by atoms with Crippen LogP contribution in [0.25, 0.3) is 0 Å². The van der Waals surface area contributed by atoms with Crippen LogP contribution >= 0.6 is 22.6 Å². The summed E-state index contributed by atoms with van der Waals surface area (Å²) >= 11 is 2.23. The molecular weight excluding hydrogens is 367 g/mol. The van der Waals surface area contributed by atoms with E-state index in [1.165, 1.54) is 0 Å². The lowest BCUT2D eigenvalue weighted by molar-refractivity contribution is 0.0696. The van der Waals surface area contributed by atoms with E-state index in [9.17, 15) is 4.79 Å². The number of anilines is 2. The number of aromatic nitrogens is 1. The molecule has 0 unspecified atom stereocenters. The fraction of sp³-hybridized carbons (Fsp3) is 0.200. The molecule has 0 aliphatic rings. The summed E-state index contributed by atoms with van der Waals surface area (Å²) in [5.41, 5.74) is 1.98. The van der Waals surface area contributed by atoms with Gasteiger partial charge in [-0.2, -0.15) is 0 Å². The number of nitrogens with one attached hydrogen (secondary N) is 1. The zero-order chi connectivity index (χ0) is 14.5. The minimum absolute atomic E-state index is 0.261. The van der Waals surface area contributed by atoms with Gasteiger partial charge in [0.1, 0.15) is 5.82 Å². The molecule has 0 atom stereocenters. The summed E-state index contributed by atoms with van der Waals surface area (Å²) in [6.07, 6.45) is 1.69. The molecule has 2 rings (SSSR count). The highest BCUT2D eigenvalue weighted by molar-refractivity contribution is 14.1. The number of nitrogens with zero attached hydrogens (tertiary/aromatic N) is 1. The van der Waals surface area contributed by atoms with Crippen molar-refractivity contribution in [3.8, 4) is 0 Å². The van der Waals surface area contributed by atoms with Crippen molar-refractivity contribution in [3.63, 3.8) is 0 Å². The molecule has 0 amide bonds. The van der Waals surface area contributed by atoms with Crippen LogP contribution in [-0.4, -0.2) is 16.1 Å². The number of aryl methyl sites for hydroxylation is 1. The fourth-order valence-corrected chi connectivity index (χ4v) is 2.38. The maximum Gasteiger partial charge on any atom is 0.335 e. The van der Waals surface area contributed by atoms with Crippen molar-refractivity contribution >= 4 is 40.1 Å². The third-order valence-electron chi connectivity index (χ3n) is 2.77. The molecule has 0 fully saturated rings. The lowest BCUT2D eigenvalue weighted by atomic mass is 10.1. The number of para-hydroxylation sites is 1. The summed E-state index contributed by atoms with van der Waals surface area (Å²) in [5, 5.41) is 12.3. The van der Waals surface area contributed by atoms with E-state index < -0.39 is 5.97 Å². The van der Waals surface area contributed by atoms with Gasteiger partial charge >= 0.3 is 5.97 Å². The Hall–Kier alpha value is -1.63. The number of pyridine rings is 1. The zero-order valence-electron chi connectivity index (χ0n) is 11.1. The second kappa shape index (κ2) is 6.69. The van der Waals surface area contributed by atoms with E-state index in [-0.39, 0.29) is 5.56 Å². The molecule has 0 aliphatic heterocycles. The Balaban J connectivity index is 2.35. The first-order valence-corrected chi connectivity index (χ1v) is 7.44. The molecule has 0 spiro atoms. The first-order chi connectivity index (χ1) is 9.60. The largest absolute Gasteiger partial charge is 0.478 e. The first kappa shape index (κ1) is 14.8. The maximum absolute atomic E-state index is 11.2. The van der Waals surface area contributed by atoms with Gasteiger partial charge in [0.2, 0.25) is 0 Å². The molecule has 0 saturated heterocycles. The Morgan fingerprint density at radius 3 is 2.75 bits per heavy atom. The molecule has 0 bridgehead atoms. The monoisotopic (exact) mass is 382 g/mol. The van der Waals surface area contributed by atoms with Crippen molar-refractivity contribution in [2.75, 3.05) is 5.32 Å². The van der Waals surface area contributed by atoms with Crippen LogP contribution in [0.2, 0.25) is 0 Å². The summed E-state index contributed by atoms with van der Waals surface area (Å²) < 4.78 is 1.06. The van der Waals surface area contributed by atoms with Crippen LogP contribution in [-0.2, 0) is 6.42 Å². The zero-order valence-corrected chi connectivity index (χ0v) is 13.2. The third-order valence-corrected chi connectivity index (χ3v) is 3.71. The van der Waals surface area contributed by atoms with Gasteiger partial charge in [0, 0.05) is 9.26 Å². The second-order valence-electron chi connectivity index (χ2n) is 4.39. The number of aromatic carboxylic acids is 1. The van der Waals surface area contributed by atoms with Crippen LogP contribution in [0.3, 0.4) is 0 Å². The van der Waals surface area contributed by atoms with E-state index in [2.05, 4.69) is 32.9 Å². The molecule has 2 aromatic rings. The normalized spacial score (nSPS) is 10.3. The van der Waals surface area contributed by atoms with Gasteiger partial charge in [-0.3, -0.25) is 0 Å². The van der Waals surface area contributed by atoms with Gasteiger partial charge in [-0.15, -0.1) is 0 Å². The fourth-order valence-electron chi connectivity index (χ4n) is 1.86. The highest BCUT2D eigenvalue weighted by Gasteiger charge is 2.09. The molecule has 0 radical (unpaired) electrons. The van der Waals surface area contributed by atoms with Crippen LogP contribution in [0.15, 0.2) is 36.4 Å². The lowest BCUT2D eigenvalue weighted by Gasteiger charge is -2.10. The van der Waals surface area contributed by atoms with E-state index in [0.717, 1.165) is 27.8 Å². The molecule has 1 heterocycles. The van der Waals surface area contributed by atoms with Gasteiger partial charge in [-0.05, 0) is 53.3 Å². The minimum atomic E-state index is -0.935. The van der Waals surface area contributed by atoms with E-state index in [1.54, 1.807) is 12.1 Å². The minimum Gasteiger partial charge on any atom is -0.478 e. The summed E-state index contributed by atoms with van der Waals surface area (Å²) in [7, 11) is 0. The maximum atomic E-state index is 11.2. The van der Waals surface area contributed by atoms with Crippen LogP contribution in [0.1, 0.15) is 29.4 Å². The number of halogens is 1. The highest BCUT2D eigenvalue weighted by atomic mass is 127. The summed E-state index contributed by atoms with van der Waals surface area (Å²) in [6, 6.07) is 11.0. The van der Waals surface area contributed by atoms with Crippen molar-refractivity contribution in [2.24, 2.45) is 0 Å². The van der Waals surface area contributed by atoms with Crippen molar-refractivity contribution in [3.05, 3.63) is 51.2 Å². The van der Waals surface area contributed by atoms with Crippen LogP contribution < -0.4 is 5.32 Å². The van der Waals surface area contributed by atoms with Gasteiger partial charge in [-0.25, -0.2) is 9.78 Å². The number of carboxylic acid groups (broad SMARTS) is 1. The number of rotatable bonds is 5. The van der Waals surface area contributed by atoms with Gasteiger partial charge < -0.3 is 10.4 Å². The van der Waals surface area contributed by atoms with Crippen LogP contribution in [0, 0.1) is 3.57 Å². The first-order valence-electron chi connectivity index (χ1n) is 6.36. The van der Waals surface area contributed by atoms with Crippen molar-refractivity contribution < 1.29 is 9.90 Å². The molecule has 1 aromatic heterocycles. The van der Waals surface area contributed by atoms with Crippen molar-refractivity contribution in [1.29, 1.82) is 0 Å². The second-order valence-corrected chi connectivity index (χ2v) is 5.55. The van der Waals surface area contributed by atoms with Gasteiger partial charge in [0.15, 0.2) is 0 Å². The Kier molecular flexibility index (Phi) is 4.94. The van der Waals surface area contributed by atoms with Crippen molar-refractivity contribution in [2.45, 2.75) is 19.8 Å². The Bertz CT molecular complexity index is 629. The standard InChI is InChI=1S/C15H15IN2O2/c1-2-5-11-8-10(15(19)20)9-14(17-11)18-13-7-4-3-6-12(13)16/h3-4,6-9H,2,5H2,1H3,(H,17,18)(H,19,20). The highest BCUT2D eigenvalue weighted by Crippen LogP contribution is 2.22. The Labute approximate surface area is 131 Å². The van der Waals surface area contributed by atoms with Gasteiger partial charge in [0.05, 0.1) is 11.3 Å². The third kappa shape index (κ3) is 3.69. The molecule has 20 heavy (non-hydrogen) atoms. The van der Waals surface area contributed by atoms with E-state index in [0.29, 0.717) is 5.82 Å². The van der Waals surface area contributed by atoms with Crippen LogP contribution in [0.4, 0.5) is 11.5 Å². The lowest BCUT2D eigenvalue weighted by Crippen LogP contribution is -2.04. The quantitative estimate of drug-likeness (QED) is 0.765. The smallest absolute Gasteiger partial charge is 0.335 e. The average Bonchev–Trinajstić information content (AvgIpc) is 2.41. The topological polar surface area (TPSA) is 62.2 Å². The summed E-state index contributed by atoms with van der Waals surface area (Å²) in [5.74, 6) is -0.368. The predicted octanol–water partition coefficient (Wildman–Crippen LogP) is 4.08. The molecule has 1 aromatic carbocycles. The number of carbonyl (C=O) groups is 1. The van der Waals surface area contributed by atoms with Gasteiger partial charge in [0.25, 0.3) is 0 Å². The Morgan fingerprint density at radius 1 is 1.35 bits per heavy atom. The molecule has 104 valence electrons. The SMILES string of the molecule is CCCc1cc(C(=O)O)cc(Nc2ccccc2I)n1. The van der Waals surface area contributed by atoms with E-state index in [4.69, 9.17) is 5.11 Å². The van der Waals surface area contributed by atoms with Crippen molar-refractivity contribution in [1.82, 2.24) is 4.98 Å². The molecule has 0 aliphatic carbocycles. The number of hydrogen-bond donors (Lipinski definition) is 2. The summed E-state index contributed by atoms with van der Waals surface area (Å²) in [6.45, 7) is 2.04. The van der Waals surface area contributed by atoms with E-state index in [1.807, 2.05) is 31.2 Å². The number of benzene rings is 1. The molecule has 0 saturated carbocycles. The number of hydrogen-bond acceptors (Lipinski definition) is 3.